The molecule has 1 aromatic rings. The third kappa shape index (κ3) is 4.19. The van der Waals surface area contributed by atoms with Gasteiger partial charge in [0, 0.05) is 12.6 Å². The zero-order chi connectivity index (χ0) is 13.9. The maximum atomic E-state index is 12.2. The number of benzene rings is 1. The molecule has 0 saturated heterocycles. The van der Waals surface area contributed by atoms with Crippen LogP contribution in [0.1, 0.15) is 31.4 Å². The molecule has 1 atom stereocenters. The van der Waals surface area contributed by atoms with Gasteiger partial charge >= 0.3 is 0 Å². The first-order chi connectivity index (χ1) is 9.03. The summed E-state index contributed by atoms with van der Waals surface area (Å²) in [4.78, 5) is 0.386. The maximum Gasteiger partial charge on any atom is 0.240 e. The van der Waals surface area contributed by atoms with E-state index in [0.29, 0.717) is 11.4 Å². The highest BCUT2D eigenvalue weighted by atomic mass is 35.5. The zero-order valence-corrected chi connectivity index (χ0v) is 13.6. The predicted molar refractivity (Wildman–Crippen MR) is 84.0 cm³/mol. The summed E-state index contributed by atoms with van der Waals surface area (Å²) in [5.74, 6) is 0. The summed E-state index contributed by atoms with van der Waals surface area (Å²) in [6.45, 7) is 5.22. The molecule has 1 aromatic carbocycles. The van der Waals surface area contributed by atoms with Crippen molar-refractivity contribution in [2.24, 2.45) is 0 Å². The molecular formula is C14H23ClN2O2S. The molecule has 0 heterocycles. The van der Waals surface area contributed by atoms with Crippen LogP contribution >= 0.6 is 12.4 Å². The Morgan fingerprint density at radius 2 is 1.95 bits per heavy atom. The third-order valence-corrected chi connectivity index (χ3v) is 4.93. The molecule has 2 N–H and O–H groups in total. The van der Waals surface area contributed by atoms with Gasteiger partial charge in [-0.2, -0.15) is 0 Å². The topological polar surface area (TPSA) is 58.2 Å². The Labute approximate surface area is 127 Å². The average Bonchev–Trinajstić information content (AvgIpc) is 2.84. The van der Waals surface area contributed by atoms with E-state index < -0.39 is 10.0 Å². The highest BCUT2D eigenvalue weighted by molar-refractivity contribution is 7.89. The van der Waals surface area contributed by atoms with E-state index >= 15 is 0 Å². The van der Waals surface area contributed by atoms with Gasteiger partial charge in [0.25, 0.3) is 0 Å². The van der Waals surface area contributed by atoms with Gasteiger partial charge in [-0.15, -0.1) is 12.4 Å². The van der Waals surface area contributed by atoms with Crippen LogP contribution < -0.4 is 10.0 Å². The Hall–Kier alpha value is -0.620. The SMILES string of the molecule is CCN[C@H](C)CNS(=O)(=O)c1ccc2c(c1)CCC2.Cl. The summed E-state index contributed by atoms with van der Waals surface area (Å²) in [6, 6.07) is 5.62. The van der Waals surface area contributed by atoms with Crippen LogP contribution in [0.4, 0.5) is 0 Å². The molecule has 4 nitrogen and oxygen atoms in total. The highest BCUT2D eigenvalue weighted by Crippen LogP contribution is 2.24. The number of hydrogen-bond donors (Lipinski definition) is 2. The lowest BCUT2D eigenvalue weighted by Crippen LogP contribution is -2.38. The van der Waals surface area contributed by atoms with Gasteiger partial charge in [0.05, 0.1) is 4.90 Å². The molecule has 0 fully saturated rings. The maximum absolute atomic E-state index is 12.2. The molecule has 0 spiro atoms. The fraction of sp³-hybridized carbons (Fsp3) is 0.571. The van der Waals surface area contributed by atoms with Crippen molar-refractivity contribution >= 4 is 22.4 Å². The van der Waals surface area contributed by atoms with Crippen molar-refractivity contribution in [1.82, 2.24) is 10.0 Å². The molecule has 0 saturated carbocycles. The minimum Gasteiger partial charge on any atom is -0.313 e. The van der Waals surface area contributed by atoms with Crippen molar-refractivity contribution in [2.75, 3.05) is 13.1 Å². The largest absolute Gasteiger partial charge is 0.313 e. The first kappa shape index (κ1) is 17.4. The van der Waals surface area contributed by atoms with Gasteiger partial charge in [0.1, 0.15) is 0 Å². The van der Waals surface area contributed by atoms with E-state index in [2.05, 4.69) is 10.0 Å². The van der Waals surface area contributed by atoms with E-state index in [1.807, 2.05) is 26.0 Å². The first-order valence-corrected chi connectivity index (χ1v) is 8.36. The number of aryl methyl sites for hydroxylation is 2. The lowest BCUT2D eigenvalue weighted by atomic mass is 10.1. The van der Waals surface area contributed by atoms with Crippen molar-refractivity contribution in [3.05, 3.63) is 29.3 Å². The second kappa shape index (κ2) is 7.41. The van der Waals surface area contributed by atoms with Gasteiger partial charge < -0.3 is 5.32 Å². The quantitative estimate of drug-likeness (QED) is 0.842. The van der Waals surface area contributed by atoms with E-state index in [1.54, 1.807) is 6.07 Å². The molecule has 20 heavy (non-hydrogen) atoms. The van der Waals surface area contributed by atoms with Crippen molar-refractivity contribution in [1.29, 1.82) is 0 Å². The lowest BCUT2D eigenvalue weighted by molar-refractivity contribution is 0.536. The number of halogens is 1. The van der Waals surface area contributed by atoms with Gasteiger partial charge in [-0.25, -0.2) is 13.1 Å². The van der Waals surface area contributed by atoms with Crippen LogP contribution in [0.15, 0.2) is 23.1 Å². The smallest absolute Gasteiger partial charge is 0.240 e. The molecule has 0 bridgehead atoms. The summed E-state index contributed by atoms with van der Waals surface area (Å²) >= 11 is 0. The summed E-state index contributed by atoms with van der Waals surface area (Å²) in [6.07, 6.45) is 3.19. The van der Waals surface area contributed by atoms with Crippen LogP contribution in [-0.2, 0) is 22.9 Å². The monoisotopic (exact) mass is 318 g/mol. The number of likely N-dealkylation sites (N-methyl/N-ethyl adjacent to an activating group) is 1. The second-order valence-electron chi connectivity index (χ2n) is 5.09. The molecule has 0 amide bonds. The van der Waals surface area contributed by atoms with Crippen LogP contribution in [0.2, 0.25) is 0 Å². The van der Waals surface area contributed by atoms with Crippen LogP contribution in [0.25, 0.3) is 0 Å². The fourth-order valence-corrected chi connectivity index (χ4v) is 3.63. The summed E-state index contributed by atoms with van der Waals surface area (Å²) in [7, 11) is -3.39. The molecule has 0 radical (unpaired) electrons. The van der Waals surface area contributed by atoms with Gasteiger partial charge in [-0.1, -0.05) is 13.0 Å². The summed E-state index contributed by atoms with van der Waals surface area (Å²) < 4.78 is 27.1. The second-order valence-corrected chi connectivity index (χ2v) is 6.86. The van der Waals surface area contributed by atoms with Crippen molar-refractivity contribution in [2.45, 2.75) is 44.0 Å². The van der Waals surface area contributed by atoms with Gasteiger partial charge in [-0.05, 0) is 56.0 Å². The predicted octanol–water partition coefficient (Wildman–Crippen LogP) is 1.87. The van der Waals surface area contributed by atoms with Crippen molar-refractivity contribution in [3.63, 3.8) is 0 Å². The van der Waals surface area contributed by atoms with Gasteiger partial charge in [-0.3, -0.25) is 0 Å². The van der Waals surface area contributed by atoms with Crippen LogP contribution in [0.3, 0.4) is 0 Å². The van der Waals surface area contributed by atoms with Crippen molar-refractivity contribution < 1.29 is 8.42 Å². The van der Waals surface area contributed by atoms with E-state index in [4.69, 9.17) is 0 Å². The average molecular weight is 319 g/mol. The normalized spacial score (nSPS) is 15.5. The molecule has 0 aliphatic heterocycles. The van der Waals surface area contributed by atoms with Crippen LogP contribution in [0, 0.1) is 0 Å². The molecule has 2 rings (SSSR count). The van der Waals surface area contributed by atoms with Crippen LogP contribution in [-0.4, -0.2) is 27.5 Å². The number of rotatable bonds is 6. The third-order valence-electron chi connectivity index (χ3n) is 3.51. The molecule has 1 aliphatic rings. The Kier molecular flexibility index (Phi) is 6.45. The van der Waals surface area contributed by atoms with Crippen LogP contribution in [0.5, 0.6) is 0 Å². The molecule has 1 aliphatic carbocycles. The van der Waals surface area contributed by atoms with E-state index in [0.717, 1.165) is 25.8 Å². The van der Waals surface area contributed by atoms with Crippen molar-refractivity contribution in [3.8, 4) is 0 Å². The summed E-state index contributed by atoms with van der Waals surface area (Å²) in [5.41, 5.74) is 2.47. The number of sulfonamides is 1. The standard InChI is InChI=1S/C14H22N2O2S.ClH/c1-3-15-11(2)10-16-19(17,18)14-8-7-12-5-4-6-13(12)9-14;/h7-9,11,15-16H,3-6,10H2,1-2H3;1H/t11-;/m1./s1. The minimum atomic E-state index is -3.39. The summed E-state index contributed by atoms with van der Waals surface area (Å²) in [5, 5.41) is 3.18. The molecule has 114 valence electrons. The Morgan fingerprint density at radius 1 is 1.25 bits per heavy atom. The van der Waals surface area contributed by atoms with Gasteiger partial charge in [0.2, 0.25) is 10.0 Å². The molecular weight excluding hydrogens is 296 g/mol. The van der Waals surface area contributed by atoms with E-state index in [-0.39, 0.29) is 18.4 Å². The number of fused-ring (bicyclic) bond motifs is 1. The number of hydrogen-bond acceptors (Lipinski definition) is 3. The molecule has 6 heteroatoms. The Balaban J connectivity index is 0.00000200. The van der Waals surface area contributed by atoms with Gasteiger partial charge in [0.15, 0.2) is 0 Å². The lowest BCUT2D eigenvalue weighted by Gasteiger charge is -2.14. The fourth-order valence-electron chi connectivity index (χ4n) is 2.45. The Morgan fingerprint density at radius 3 is 2.65 bits per heavy atom. The first-order valence-electron chi connectivity index (χ1n) is 6.88. The minimum absolute atomic E-state index is 0. The van der Waals surface area contributed by atoms with E-state index in [1.165, 1.54) is 11.1 Å². The zero-order valence-electron chi connectivity index (χ0n) is 12.0. The highest BCUT2D eigenvalue weighted by Gasteiger charge is 2.18. The molecule has 0 unspecified atom stereocenters. The molecule has 0 aromatic heterocycles. The Bertz CT molecular complexity index is 546. The van der Waals surface area contributed by atoms with E-state index in [9.17, 15) is 8.42 Å². The number of nitrogens with one attached hydrogen (secondary N) is 2.